The van der Waals surface area contributed by atoms with E-state index in [0.717, 1.165) is 11.6 Å². The summed E-state index contributed by atoms with van der Waals surface area (Å²) in [6, 6.07) is 9.03. The quantitative estimate of drug-likeness (QED) is 0.700. The molecule has 0 radical (unpaired) electrons. The lowest BCUT2D eigenvalue weighted by Crippen LogP contribution is -2.10. The summed E-state index contributed by atoms with van der Waals surface area (Å²) in [7, 11) is 0. The van der Waals surface area contributed by atoms with E-state index in [4.69, 9.17) is 32.7 Å². The molecule has 1 N–H and O–H groups in total. The maximum atomic E-state index is 14.1. The normalized spacial score (nSPS) is 11.9. The second-order valence-electron chi connectivity index (χ2n) is 5.25. The zero-order valence-corrected chi connectivity index (χ0v) is 15.0. The third-order valence-electron chi connectivity index (χ3n) is 3.38. The molecule has 2 rings (SSSR count). The number of carbonyl (C=O) groups excluding carboxylic acids is 1. The van der Waals surface area contributed by atoms with Crippen LogP contribution in [0.5, 0.6) is 5.75 Å². The molecule has 0 aliphatic heterocycles. The Hall–Kier alpha value is -1.82. The molecule has 134 valence electrons. The number of rotatable bonds is 7. The zero-order chi connectivity index (χ0) is 18.4. The summed E-state index contributed by atoms with van der Waals surface area (Å²) in [5.74, 6) is -1.16. The van der Waals surface area contributed by atoms with Gasteiger partial charge in [0.25, 0.3) is 0 Å². The second-order valence-corrected chi connectivity index (χ2v) is 6.07. The zero-order valence-electron chi connectivity index (χ0n) is 13.5. The first-order valence-corrected chi connectivity index (χ1v) is 8.36. The van der Waals surface area contributed by atoms with Crippen molar-refractivity contribution < 1.29 is 23.8 Å². The summed E-state index contributed by atoms with van der Waals surface area (Å²) in [4.78, 5) is 11.4. The smallest absolute Gasteiger partial charge is 0.308 e. The van der Waals surface area contributed by atoms with Crippen LogP contribution < -0.4 is 4.74 Å². The molecule has 0 saturated heterocycles. The van der Waals surface area contributed by atoms with Crippen LogP contribution in [0.15, 0.2) is 36.4 Å². The summed E-state index contributed by atoms with van der Waals surface area (Å²) in [5.41, 5.74) is 1.01. The Labute approximate surface area is 155 Å². The molecule has 7 heteroatoms. The van der Waals surface area contributed by atoms with Crippen LogP contribution in [0.1, 0.15) is 30.6 Å². The molecular formula is C18H17Cl2FO4. The molecular weight excluding hydrogens is 370 g/mol. The first kappa shape index (κ1) is 19.5. The SMILES string of the molecule is CCOC(=O)C[C@H](O)c1ccc(OCc2ccc(Cl)c(Cl)c2)c(F)c1. The van der Waals surface area contributed by atoms with Crippen LogP contribution in [0.25, 0.3) is 0 Å². The van der Waals surface area contributed by atoms with Crippen LogP contribution >= 0.6 is 23.2 Å². The third kappa shape index (κ3) is 5.59. The minimum atomic E-state index is -1.14. The van der Waals surface area contributed by atoms with Crippen molar-refractivity contribution >= 4 is 29.2 Å². The summed E-state index contributed by atoms with van der Waals surface area (Å²) in [6.45, 7) is 2.00. The largest absolute Gasteiger partial charge is 0.486 e. The minimum Gasteiger partial charge on any atom is -0.486 e. The first-order valence-electron chi connectivity index (χ1n) is 7.60. The van der Waals surface area contributed by atoms with Crippen molar-refractivity contribution in [3.8, 4) is 5.75 Å². The van der Waals surface area contributed by atoms with Crippen LogP contribution in [0.2, 0.25) is 10.0 Å². The van der Waals surface area contributed by atoms with Gasteiger partial charge in [-0.15, -0.1) is 0 Å². The number of aliphatic hydroxyl groups is 1. The fourth-order valence-electron chi connectivity index (χ4n) is 2.13. The summed E-state index contributed by atoms with van der Waals surface area (Å²) in [5, 5.41) is 10.8. The van der Waals surface area contributed by atoms with Gasteiger partial charge >= 0.3 is 5.97 Å². The summed E-state index contributed by atoms with van der Waals surface area (Å²) in [6.07, 6.45) is -1.38. The summed E-state index contributed by atoms with van der Waals surface area (Å²) >= 11 is 11.8. The predicted octanol–water partition coefficient (Wildman–Crippen LogP) is 4.70. The first-order chi connectivity index (χ1) is 11.9. The lowest BCUT2D eigenvalue weighted by Gasteiger charge is -2.13. The molecule has 2 aromatic carbocycles. The number of ether oxygens (including phenoxy) is 2. The molecule has 0 saturated carbocycles. The average molecular weight is 387 g/mol. The highest BCUT2D eigenvalue weighted by Crippen LogP contribution is 2.26. The van der Waals surface area contributed by atoms with Crippen molar-refractivity contribution in [1.29, 1.82) is 0 Å². The van der Waals surface area contributed by atoms with Crippen molar-refractivity contribution in [2.75, 3.05) is 6.61 Å². The minimum absolute atomic E-state index is 0.0261. The van der Waals surface area contributed by atoms with Crippen molar-refractivity contribution in [2.24, 2.45) is 0 Å². The number of halogens is 3. The topological polar surface area (TPSA) is 55.8 Å². The van der Waals surface area contributed by atoms with Gasteiger partial charge in [-0.1, -0.05) is 35.3 Å². The van der Waals surface area contributed by atoms with Gasteiger partial charge < -0.3 is 14.6 Å². The Kier molecular flexibility index (Phi) is 7.05. The molecule has 0 spiro atoms. The third-order valence-corrected chi connectivity index (χ3v) is 4.12. The molecule has 2 aromatic rings. The molecule has 0 fully saturated rings. The molecule has 0 aromatic heterocycles. The number of carbonyl (C=O) groups is 1. The summed E-state index contributed by atoms with van der Waals surface area (Å²) < 4.78 is 24.3. The molecule has 0 unspecified atom stereocenters. The molecule has 0 amide bonds. The molecule has 0 bridgehead atoms. The van der Waals surface area contributed by atoms with E-state index in [1.54, 1.807) is 25.1 Å². The van der Waals surface area contributed by atoms with Crippen LogP contribution in [0.4, 0.5) is 4.39 Å². The average Bonchev–Trinajstić information content (AvgIpc) is 2.56. The lowest BCUT2D eigenvalue weighted by atomic mass is 10.1. The van der Waals surface area contributed by atoms with E-state index in [-0.39, 0.29) is 30.9 Å². The van der Waals surface area contributed by atoms with E-state index in [1.165, 1.54) is 12.1 Å². The van der Waals surface area contributed by atoms with E-state index >= 15 is 0 Å². The Morgan fingerprint density at radius 1 is 1.20 bits per heavy atom. The highest BCUT2D eigenvalue weighted by molar-refractivity contribution is 6.42. The second kappa shape index (κ2) is 9.04. The number of aliphatic hydroxyl groups excluding tert-OH is 1. The number of hydrogen-bond donors (Lipinski definition) is 1. The van der Waals surface area contributed by atoms with Crippen molar-refractivity contribution in [3.05, 3.63) is 63.4 Å². The van der Waals surface area contributed by atoms with Crippen molar-refractivity contribution in [2.45, 2.75) is 26.1 Å². The number of esters is 1. The van der Waals surface area contributed by atoms with Crippen LogP contribution in [0, 0.1) is 5.82 Å². The molecule has 0 aliphatic carbocycles. The molecule has 0 heterocycles. The molecule has 1 atom stereocenters. The van der Waals surface area contributed by atoms with Gasteiger partial charge in [-0.2, -0.15) is 0 Å². The fourth-order valence-corrected chi connectivity index (χ4v) is 2.45. The van der Waals surface area contributed by atoms with Gasteiger partial charge in [0, 0.05) is 0 Å². The number of benzene rings is 2. The van der Waals surface area contributed by atoms with Gasteiger partial charge in [0.05, 0.1) is 29.2 Å². The van der Waals surface area contributed by atoms with Gasteiger partial charge in [0.1, 0.15) is 6.61 Å². The highest BCUT2D eigenvalue weighted by Gasteiger charge is 2.16. The van der Waals surface area contributed by atoms with Gasteiger partial charge in [0.2, 0.25) is 0 Å². The van der Waals surface area contributed by atoms with E-state index in [1.807, 2.05) is 0 Å². The molecule has 25 heavy (non-hydrogen) atoms. The van der Waals surface area contributed by atoms with Crippen molar-refractivity contribution in [1.82, 2.24) is 0 Å². The van der Waals surface area contributed by atoms with Crippen LogP contribution in [-0.4, -0.2) is 17.7 Å². The highest BCUT2D eigenvalue weighted by atomic mass is 35.5. The van der Waals surface area contributed by atoms with Crippen molar-refractivity contribution in [3.63, 3.8) is 0 Å². The van der Waals surface area contributed by atoms with Crippen LogP contribution in [0.3, 0.4) is 0 Å². The fraction of sp³-hybridized carbons (Fsp3) is 0.278. The maximum absolute atomic E-state index is 14.1. The van der Waals surface area contributed by atoms with Gasteiger partial charge in [-0.25, -0.2) is 4.39 Å². The lowest BCUT2D eigenvalue weighted by molar-refractivity contribution is -0.145. The Bertz CT molecular complexity index is 752. The predicted molar refractivity (Wildman–Crippen MR) is 93.4 cm³/mol. The van der Waals surface area contributed by atoms with E-state index in [2.05, 4.69) is 0 Å². The number of hydrogen-bond acceptors (Lipinski definition) is 4. The Balaban J connectivity index is 2.01. The maximum Gasteiger partial charge on any atom is 0.308 e. The van der Waals surface area contributed by atoms with Gasteiger partial charge in [-0.3, -0.25) is 4.79 Å². The Morgan fingerprint density at radius 3 is 2.60 bits per heavy atom. The molecule has 0 aliphatic rings. The monoisotopic (exact) mass is 386 g/mol. The molecule has 4 nitrogen and oxygen atoms in total. The van der Waals surface area contributed by atoms with Crippen LogP contribution in [-0.2, 0) is 16.1 Å². The van der Waals surface area contributed by atoms with E-state index in [9.17, 15) is 14.3 Å². The van der Waals surface area contributed by atoms with E-state index < -0.39 is 17.9 Å². The van der Waals surface area contributed by atoms with E-state index in [0.29, 0.717) is 10.0 Å². The van der Waals surface area contributed by atoms with Gasteiger partial charge in [0.15, 0.2) is 11.6 Å². The van der Waals surface area contributed by atoms with Gasteiger partial charge in [-0.05, 0) is 42.3 Å². The standard InChI is InChI=1S/C18H17Cl2FO4/c1-2-24-18(23)9-16(22)12-4-6-17(15(21)8-12)25-10-11-3-5-13(19)14(20)7-11/h3-8,16,22H,2,9-10H2,1H3/t16-/m0/s1. The Morgan fingerprint density at radius 2 is 1.96 bits per heavy atom.